The van der Waals surface area contributed by atoms with E-state index < -0.39 is 0 Å². The number of thioether (sulfide) groups is 1. The number of hydrogen-bond donors (Lipinski definition) is 2. The zero-order valence-corrected chi connectivity index (χ0v) is 11.4. The van der Waals surface area contributed by atoms with Crippen molar-refractivity contribution in [2.75, 3.05) is 0 Å². The van der Waals surface area contributed by atoms with Gasteiger partial charge >= 0.3 is 0 Å². The van der Waals surface area contributed by atoms with Crippen LogP contribution in [-0.2, 0) is 0 Å². The Morgan fingerprint density at radius 1 is 1.56 bits per heavy atom. The lowest BCUT2D eigenvalue weighted by molar-refractivity contribution is 0.318. The number of amidine groups is 1. The summed E-state index contributed by atoms with van der Waals surface area (Å²) >= 11 is 1.88. The molecule has 0 amide bonds. The number of oxime groups is 1. The van der Waals surface area contributed by atoms with Crippen molar-refractivity contribution in [3.63, 3.8) is 0 Å². The van der Waals surface area contributed by atoms with E-state index in [-0.39, 0.29) is 5.84 Å². The van der Waals surface area contributed by atoms with Gasteiger partial charge in [0.15, 0.2) is 5.84 Å². The number of hydrogen-bond acceptors (Lipinski definition) is 4. The first-order valence-electron chi connectivity index (χ1n) is 6.29. The van der Waals surface area contributed by atoms with Gasteiger partial charge < -0.3 is 10.9 Å². The third kappa shape index (κ3) is 3.38. The summed E-state index contributed by atoms with van der Waals surface area (Å²) in [6.45, 7) is 2.32. The van der Waals surface area contributed by atoms with Gasteiger partial charge in [-0.25, -0.2) is 0 Å². The molecule has 2 unspecified atom stereocenters. The van der Waals surface area contributed by atoms with Gasteiger partial charge in [-0.3, -0.25) is 4.98 Å². The van der Waals surface area contributed by atoms with E-state index >= 15 is 0 Å². The summed E-state index contributed by atoms with van der Waals surface area (Å²) in [4.78, 5) is 5.23. The topological polar surface area (TPSA) is 71.5 Å². The van der Waals surface area contributed by atoms with Crippen LogP contribution < -0.4 is 5.73 Å². The quantitative estimate of drug-likeness (QED) is 0.381. The van der Waals surface area contributed by atoms with Crippen molar-refractivity contribution in [3.05, 3.63) is 24.0 Å². The molecule has 0 spiro atoms. The molecule has 0 saturated heterocycles. The molecule has 1 fully saturated rings. The first kappa shape index (κ1) is 13.2. The van der Waals surface area contributed by atoms with E-state index in [1.807, 2.05) is 23.9 Å². The van der Waals surface area contributed by atoms with E-state index in [0.29, 0.717) is 10.9 Å². The molecule has 0 aromatic carbocycles. The minimum absolute atomic E-state index is 0.0643. The number of nitrogens with zero attached hydrogens (tertiary/aromatic N) is 2. The van der Waals surface area contributed by atoms with Crippen molar-refractivity contribution < 1.29 is 5.21 Å². The van der Waals surface area contributed by atoms with Crippen LogP contribution in [0.2, 0.25) is 0 Å². The van der Waals surface area contributed by atoms with Gasteiger partial charge in [0.1, 0.15) is 5.69 Å². The van der Waals surface area contributed by atoms with E-state index in [1.165, 1.54) is 25.7 Å². The van der Waals surface area contributed by atoms with E-state index in [9.17, 15) is 0 Å². The number of aromatic nitrogens is 1. The molecule has 1 aromatic rings. The van der Waals surface area contributed by atoms with Crippen LogP contribution in [0.25, 0.3) is 0 Å². The number of nitrogens with two attached hydrogens (primary N) is 1. The molecule has 3 N–H and O–H groups in total. The van der Waals surface area contributed by atoms with Crippen LogP contribution in [0.5, 0.6) is 0 Å². The molecular weight excluding hydrogens is 246 g/mol. The first-order chi connectivity index (χ1) is 8.69. The Kier molecular flexibility index (Phi) is 4.47. The molecule has 1 heterocycles. The maximum atomic E-state index is 8.65. The lowest BCUT2D eigenvalue weighted by Gasteiger charge is -2.26. The van der Waals surface area contributed by atoms with Crippen molar-refractivity contribution in [3.8, 4) is 0 Å². The fourth-order valence-corrected chi connectivity index (χ4v) is 3.77. The van der Waals surface area contributed by atoms with Crippen LogP contribution in [0.15, 0.2) is 28.4 Å². The van der Waals surface area contributed by atoms with Gasteiger partial charge in [0.2, 0.25) is 0 Å². The fourth-order valence-electron chi connectivity index (χ4n) is 2.35. The Hall–Kier alpha value is -1.23. The number of pyridine rings is 1. The van der Waals surface area contributed by atoms with Gasteiger partial charge in [-0.05, 0) is 30.9 Å². The van der Waals surface area contributed by atoms with Crippen LogP contribution in [0.4, 0.5) is 0 Å². The molecule has 18 heavy (non-hydrogen) atoms. The highest BCUT2D eigenvalue weighted by molar-refractivity contribution is 8.00. The zero-order valence-electron chi connectivity index (χ0n) is 10.5. The predicted molar refractivity (Wildman–Crippen MR) is 74.0 cm³/mol. The number of rotatable bonds is 3. The van der Waals surface area contributed by atoms with E-state index in [4.69, 9.17) is 10.9 Å². The zero-order chi connectivity index (χ0) is 13.0. The smallest absolute Gasteiger partial charge is 0.188 e. The van der Waals surface area contributed by atoms with Gasteiger partial charge in [0.25, 0.3) is 0 Å². The lowest BCUT2D eigenvalue weighted by atomic mass is 9.91. The van der Waals surface area contributed by atoms with Crippen molar-refractivity contribution in [1.29, 1.82) is 0 Å². The predicted octanol–water partition coefficient (Wildman–Crippen LogP) is 2.85. The highest BCUT2D eigenvalue weighted by atomic mass is 32.2. The summed E-state index contributed by atoms with van der Waals surface area (Å²) in [6.07, 6.45) is 6.92. The molecule has 2 rings (SSSR count). The van der Waals surface area contributed by atoms with Crippen molar-refractivity contribution in [2.24, 2.45) is 16.8 Å². The summed E-state index contributed by atoms with van der Waals surface area (Å²) < 4.78 is 0. The van der Waals surface area contributed by atoms with Gasteiger partial charge in [0.05, 0.1) is 0 Å². The third-order valence-electron chi connectivity index (χ3n) is 3.29. The Morgan fingerprint density at radius 3 is 3.11 bits per heavy atom. The Morgan fingerprint density at radius 2 is 2.39 bits per heavy atom. The van der Waals surface area contributed by atoms with E-state index in [0.717, 1.165) is 10.8 Å². The maximum Gasteiger partial charge on any atom is 0.188 e. The Balaban J connectivity index is 2.05. The van der Waals surface area contributed by atoms with Crippen LogP contribution in [0.1, 0.15) is 38.3 Å². The molecule has 1 aliphatic carbocycles. The second-order valence-electron chi connectivity index (χ2n) is 4.87. The van der Waals surface area contributed by atoms with Crippen molar-refractivity contribution in [2.45, 2.75) is 42.8 Å². The molecule has 0 radical (unpaired) electrons. The second kappa shape index (κ2) is 6.09. The van der Waals surface area contributed by atoms with E-state index in [1.54, 1.807) is 6.20 Å². The summed E-state index contributed by atoms with van der Waals surface area (Å²) in [5, 5.41) is 12.3. The first-order valence-corrected chi connectivity index (χ1v) is 7.17. The average Bonchev–Trinajstić information content (AvgIpc) is 2.38. The Bertz CT molecular complexity index is 436. The molecule has 2 atom stereocenters. The third-order valence-corrected chi connectivity index (χ3v) is 4.58. The van der Waals surface area contributed by atoms with Gasteiger partial charge in [-0.2, -0.15) is 0 Å². The minimum Gasteiger partial charge on any atom is -0.409 e. The van der Waals surface area contributed by atoms with Gasteiger partial charge in [0, 0.05) is 16.3 Å². The molecule has 4 nitrogen and oxygen atoms in total. The summed E-state index contributed by atoms with van der Waals surface area (Å²) in [7, 11) is 0. The second-order valence-corrected chi connectivity index (χ2v) is 6.25. The molecule has 98 valence electrons. The highest BCUT2D eigenvalue weighted by Crippen LogP contribution is 2.35. The summed E-state index contributed by atoms with van der Waals surface area (Å²) in [6, 6.07) is 3.87. The van der Waals surface area contributed by atoms with E-state index in [2.05, 4.69) is 17.1 Å². The molecular formula is C13H19N3OS. The molecule has 1 aliphatic rings. The highest BCUT2D eigenvalue weighted by Gasteiger charge is 2.19. The largest absolute Gasteiger partial charge is 0.409 e. The van der Waals surface area contributed by atoms with Crippen LogP contribution >= 0.6 is 11.8 Å². The van der Waals surface area contributed by atoms with Crippen LogP contribution in [0, 0.1) is 5.92 Å². The molecule has 5 heteroatoms. The fraction of sp³-hybridized carbons (Fsp3) is 0.538. The molecule has 1 saturated carbocycles. The maximum absolute atomic E-state index is 8.65. The van der Waals surface area contributed by atoms with Gasteiger partial charge in [-0.15, -0.1) is 11.8 Å². The lowest BCUT2D eigenvalue weighted by Crippen LogP contribution is -2.16. The summed E-state index contributed by atoms with van der Waals surface area (Å²) in [5.41, 5.74) is 6.08. The van der Waals surface area contributed by atoms with Gasteiger partial charge in [-0.1, -0.05) is 24.9 Å². The average molecular weight is 265 g/mol. The molecule has 0 bridgehead atoms. The van der Waals surface area contributed by atoms with Crippen LogP contribution in [-0.4, -0.2) is 21.3 Å². The molecule has 0 aliphatic heterocycles. The van der Waals surface area contributed by atoms with Crippen molar-refractivity contribution in [1.82, 2.24) is 4.98 Å². The normalized spacial score (nSPS) is 25.1. The SMILES string of the molecule is CC1CCCC(Sc2ccnc(C(N)=NO)c2)C1. The standard InChI is InChI=1S/C13H19N3OS/c1-9-3-2-4-10(7-9)18-11-5-6-15-12(8-11)13(14)16-17/h5-6,8-10,17H,2-4,7H2,1H3,(H2,14,16). The minimum atomic E-state index is 0.0643. The molecule has 1 aromatic heterocycles. The van der Waals surface area contributed by atoms with Crippen LogP contribution in [0.3, 0.4) is 0 Å². The van der Waals surface area contributed by atoms with Crippen molar-refractivity contribution >= 4 is 17.6 Å². The Labute approximate surface area is 112 Å². The summed E-state index contributed by atoms with van der Waals surface area (Å²) in [5.74, 6) is 0.885. The monoisotopic (exact) mass is 265 g/mol.